The molecule has 1 atom stereocenters. The van der Waals surface area contributed by atoms with Crippen molar-refractivity contribution in [2.75, 3.05) is 0 Å². The van der Waals surface area contributed by atoms with Crippen LogP contribution in [-0.2, 0) is 0 Å². The zero-order chi connectivity index (χ0) is 8.67. The molecule has 13 heavy (non-hydrogen) atoms. The molecule has 0 bridgehead atoms. The molecule has 66 valence electrons. The summed E-state index contributed by atoms with van der Waals surface area (Å²) in [6, 6.07) is 0. The van der Waals surface area contributed by atoms with Gasteiger partial charge in [-0.15, -0.1) is 0 Å². The Balaban J connectivity index is 2.04. The first-order valence-corrected chi connectivity index (χ1v) is 5.21. The molecule has 3 aliphatic carbocycles. The largest absolute Gasteiger partial charge is 0.0841 e. The predicted molar refractivity (Wildman–Crippen MR) is 55.3 cm³/mol. The molecule has 0 heterocycles. The first-order valence-electron chi connectivity index (χ1n) is 5.21. The van der Waals surface area contributed by atoms with Gasteiger partial charge in [-0.05, 0) is 42.4 Å². The summed E-state index contributed by atoms with van der Waals surface area (Å²) < 4.78 is 0. The number of allylic oxidation sites excluding steroid dienone is 8. The average Bonchev–Trinajstić information content (AvgIpc) is 2.65. The summed E-state index contributed by atoms with van der Waals surface area (Å²) in [6.45, 7) is 0. The number of fused-ring (bicyclic) bond motifs is 2. The quantitative estimate of drug-likeness (QED) is 0.488. The van der Waals surface area contributed by atoms with Gasteiger partial charge in [0.15, 0.2) is 0 Å². The standard InChI is InChI=1S/C13H14/c1-2-6-12-10(4-1)8-9-11-5-3-7-13(11)12/h1,3-6,10H,2,7-9H2. The van der Waals surface area contributed by atoms with Crippen LogP contribution in [0.25, 0.3) is 0 Å². The van der Waals surface area contributed by atoms with E-state index in [9.17, 15) is 0 Å². The van der Waals surface area contributed by atoms with E-state index in [1.807, 2.05) is 0 Å². The van der Waals surface area contributed by atoms with Crippen molar-refractivity contribution in [1.82, 2.24) is 0 Å². The SMILES string of the molecule is C1=CC2CCC3=C(CC=C3)C2=CC1. The van der Waals surface area contributed by atoms with E-state index in [1.54, 1.807) is 16.7 Å². The summed E-state index contributed by atoms with van der Waals surface area (Å²) in [7, 11) is 0. The van der Waals surface area contributed by atoms with Gasteiger partial charge in [-0.2, -0.15) is 0 Å². The monoisotopic (exact) mass is 170 g/mol. The van der Waals surface area contributed by atoms with E-state index in [1.165, 1.54) is 19.3 Å². The van der Waals surface area contributed by atoms with Crippen LogP contribution < -0.4 is 0 Å². The highest BCUT2D eigenvalue weighted by atomic mass is 14.3. The first-order chi connectivity index (χ1) is 6.45. The third-order valence-electron chi connectivity index (χ3n) is 3.34. The van der Waals surface area contributed by atoms with Crippen molar-refractivity contribution in [3.8, 4) is 0 Å². The van der Waals surface area contributed by atoms with Gasteiger partial charge in [0.25, 0.3) is 0 Å². The van der Waals surface area contributed by atoms with Crippen molar-refractivity contribution in [3.05, 3.63) is 47.1 Å². The topological polar surface area (TPSA) is 0 Å². The summed E-state index contributed by atoms with van der Waals surface area (Å²) in [6.07, 6.45) is 16.7. The molecule has 3 rings (SSSR count). The molecule has 0 saturated heterocycles. The molecular formula is C13H14. The summed E-state index contributed by atoms with van der Waals surface area (Å²) in [4.78, 5) is 0. The minimum Gasteiger partial charge on any atom is -0.0841 e. The molecule has 0 saturated carbocycles. The van der Waals surface area contributed by atoms with Crippen LogP contribution in [0, 0.1) is 5.92 Å². The minimum atomic E-state index is 0.743. The van der Waals surface area contributed by atoms with Crippen LogP contribution in [0.4, 0.5) is 0 Å². The van der Waals surface area contributed by atoms with Crippen LogP contribution in [-0.4, -0.2) is 0 Å². The molecule has 0 aromatic heterocycles. The lowest BCUT2D eigenvalue weighted by atomic mass is 9.78. The van der Waals surface area contributed by atoms with Crippen molar-refractivity contribution in [1.29, 1.82) is 0 Å². The van der Waals surface area contributed by atoms with Crippen LogP contribution in [0.2, 0.25) is 0 Å². The third kappa shape index (κ3) is 1.05. The van der Waals surface area contributed by atoms with E-state index in [0.717, 1.165) is 12.3 Å². The first kappa shape index (κ1) is 7.37. The van der Waals surface area contributed by atoms with Gasteiger partial charge in [-0.3, -0.25) is 0 Å². The molecule has 0 spiro atoms. The lowest BCUT2D eigenvalue weighted by molar-refractivity contribution is 0.639. The van der Waals surface area contributed by atoms with Crippen LogP contribution in [0.15, 0.2) is 47.1 Å². The summed E-state index contributed by atoms with van der Waals surface area (Å²) in [5.74, 6) is 0.743. The van der Waals surface area contributed by atoms with Crippen LogP contribution in [0.1, 0.15) is 25.7 Å². The van der Waals surface area contributed by atoms with Gasteiger partial charge < -0.3 is 0 Å². The highest BCUT2D eigenvalue weighted by Gasteiger charge is 2.25. The fourth-order valence-corrected chi connectivity index (χ4v) is 2.69. The Labute approximate surface area is 79.3 Å². The van der Waals surface area contributed by atoms with Gasteiger partial charge in [0.05, 0.1) is 0 Å². The van der Waals surface area contributed by atoms with Crippen molar-refractivity contribution in [2.24, 2.45) is 5.92 Å². The predicted octanol–water partition coefficient (Wildman–Crippen LogP) is 3.54. The molecule has 0 aromatic rings. The van der Waals surface area contributed by atoms with Gasteiger partial charge in [0.1, 0.15) is 0 Å². The Kier molecular flexibility index (Phi) is 1.55. The van der Waals surface area contributed by atoms with Gasteiger partial charge in [-0.25, -0.2) is 0 Å². The molecule has 3 aliphatic rings. The van der Waals surface area contributed by atoms with Crippen molar-refractivity contribution < 1.29 is 0 Å². The smallest absolute Gasteiger partial charge is 0.00211 e. The van der Waals surface area contributed by atoms with Crippen LogP contribution in [0.5, 0.6) is 0 Å². The molecule has 0 heteroatoms. The van der Waals surface area contributed by atoms with E-state index in [2.05, 4.69) is 30.4 Å². The molecule has 0 N–H and O–H groups in total. The Morgan fingerprint density at radius 1 is 1.23 bits per heavy atom. The highest BCUT2D eigenvalue weighted by molar-refractivity contribution is 5.51. The maximum Gasteiger partial charge on any atom is 0.00211 e. The molecule has 0 aromatic carbocycles. The van der Waals surface area contributed by atoms with Crippen molar-refractivity contribution in [2.45, 2.75) is 25.7 Å². The lowest BCUT2D eigenvalue weighted by Gasteiger charge is -2.27. The van der Waals surface area contributed by atoms with E-state index < -0.39 is 0 Å². The third-order valence-corrected chi connectivity index (χ3v) is 3.34. The van der Waals surface area contributed by atoms with E-state index in [4.69, 9.17) is 0 Å². The highest BCUT2D eigenvalue weighted by Crippen LogP contribution is 2.41. The van der Waals surface area contributed by atoms with Gasteiger partial charge in [0.2, 0.25) is 0 Å². The summed E-state index contributed by atoms with van der Waals surface area (Å²) in [5, 5.41) is 0. The van der Waals surface area contributed by atoms with E-state index in [0.29, 0.717) is 0 Å². The second-order valence-corrected chi connectivity index (χ2v) is 4.08. The van der Waals surface area contributed by atoms with Crippen LogP contribution >= 0.6 is 0 Å². The fourth-order valence-electron chi connectivity index (χ4n) is 2.69. The normalized spacial score (nSPS) is 30.2. The Morgan fingerprint density at radius 2 is 2.23 bits per heavy atom. The number of rotatable bonds is 0. The Morgan fingerprint density at radius 3 is 3.23 bits per heavy atom. The summed E-state index contributed by atoms with van der Waals surface area (Å²) >= 11 is 0. The average molecular weight is 170 g/mol. The second-order valence-electron chi connectivity index (χ2n) is 4.08. The molecule has 0 fully saturated rings. The second kappa shape index (κ2) is 2.73. The fraction of sp³-hybridized carbons (Fsp3) is 0.385. The Bertz CT molecular complexity index is 350. The van der Waals surface area contributed by atoms with Gasteiger partial charge in [-0.1, -0.05) is 30.4 Å². The maximum absolute atomic E-state index is 2.42. The van der Waals surface area contributed by atoms with Gasteiger partial charge in [0, 0.05) is 5.92 Å². The van der Waals surface area contributed by atoms with Crippen molar-refractivity contribution in [3.63, 3.8) is 0 Å². The van der Waals surface area contributed by atoms with E-state index >= 15 is 0 Å². The molecule has 0 nitrogen and oxygen atoms in total. The minimum absolute atomic E-state index is 0.743. The number of hydrogen-bond donors (Lipinski definition) is 0. The molecule has 1 unspecified atom stereocenters. The zero-order valence-corrected chi connectivity index (χ0v) is 7.79. The molecule has 0 radical (unpaired) electrons. The zero-order valence-electron chi connectivity index (χ0n) is 7.79. The van der Waals surface area contributed by atoms with E-state index in [-0.39, 0.29) is 0 Å². The molecule has 0 aliphatic heterocycles. The lowest BCUT2D eigenvalue weighted by Crippen LogP contribution is -2.12. The van der Waals surface area contributed by atoms with Gasteiger partial charge >= 0.3 is 0 Å². The van der Waals surface area contributed by atoms with Crippen LogP contribution in [0.3, 0.4) is 0 Å². The molecular weight excluding hydrogens is 156 g/mol. The maximum atomic E-state index is 2.42. The number of hydrogen-bond acceptors (Lipinski definition) is 0. The Hall–Kier alpha value is -1.04. The summed E-state index contributed by atoms with van der Waals surface area (Å²) in [5.41, 5.74) is 4.88. The van der Waals surface area contributed by atoms with Crippen molar-refractivity contribution >= 4 is 0 Å². The molecule has 0 amide bonds.